The predicted molar refractivity (Wildman–Crippen MR) is 279 cm³/mol. The molecular formula is C59H110O6. The summed E-state index contributed by atoms with van der Waals surface area (Å²) >= 11 is 0. The second kappa shape index (κ2) is 54.5. The maximum Gasteiger partial charge on any atom is 0.306 e. The normalized spacial score (nSPS) is 12.1. The molecule has 0 spiro atoms. The molecule has 0 aliphatic heterocycles. The number of carbonyl (C=O) groups excluding carboxylic acids is 3. The second-order valence-corrected chi connectivity index (χ2v) is 19.6. The fraction of sp³-hybridized carbons (Fsp3) is 0.881. The van der Waals surface area contributed by atoms with Crippen LogP contribution in [0.25, 0.3) is 0 Å². The molecular weight excluding hydrogens is 805 g/mol. The molecule has 0 aliphatic rings. The molecule has 0 bridgehead atoms. The Morgan fingerprint density at radius 1 is 0.308 bits per heavy atom. The fourth-order valence-corrected chi connectivity index (χ4v) is 8.59. The number of unbranched alkanes of at least 4 members (excludes halogenated alkanes) is 38. The van der Waals surface area contributed by atoms with Gasteiger partial charge >= 0.3 is 17.9 Å². The molecule has 0 unspecified atom stereocenters. The first-order chi connectivity index (χ1) is 32.0. The minimum Gasteiger partial charge on any atom is -0.462 e. The molecule has 0 radical (unpaired) electrons. The number of hydrogen-bond donors (Lipinski definition) is 0. The molecule has 0 aromatic rings. The molecule has 0 rings (SSSR count). The lowest BCUT2D eigenvalue weighted by molar-refractivity contribution is -0.167. The molecule has 6 nitrogen and oxygen atoms in total. The van der Waals surface area contributed by atoms with E-state index in [4.69, 9.17) is 14.2 Å². The van der Waals surface area contributed by atoms with E-state index in [9.17, 15) is 14.4 Å². The smallest absolute Gasteiger partial charge is 0.306 e. The lowest BCUT2D eigenvalue weighted by atomic mass is 10.0. The molecule has 65 heavy (non-hydrogen) atoms. The van der Waals surface area contributed by atoms with Gasteiger partial charge in [-0.05, 0) is 51.4 Å². The standard InChI is InChI=1S/C59H110O6/c1-4-7-10-13-16-19-21-23-25-27-29-31-33-35-37-40-43-46-49-52-58(61)64-55-56(54-63-57(60)51-48-45-42-39-18-15-12-9-6-3)65-59(62)53-50-47-44-41-38-36-34-32-30-28-26-24-22-20-17-14-11-8-5-2/h16,19,23,25,56H,4-15,17-18,20-22,24,26-55H2,1-3H3/b19-16-,25-23-/t56-/m1/s1. The van der Waals surface area contributed by atoms with Gasteiger partial charge in [0.15, 0.2) is 6.10 Å². The van der Waals surface area contributed by atoms with Gasteiger partial charge in [-0.15, -0.1) is 0 Å². The molecule has 1 atom stereocenters. The molecule has 0 saturated carbocycles. The third-order valence-electron chi connectivity index (χ3n) is 13.0. The van der Waals surface area contributed by atoms with Gasteiger partial charge in [0.25, 0.3) is 0 Å². The van der Waals surface area contributed by atoms with Crippen molar-refractivity contribution in [3.63, 3.8) is 0 Å². The van der Waals surface area contributed by atoms with Crippen molar-refractivity contribution in [2.45, 2.75) is 322 Å². The minimum absolute atomic E-state index is 0.0674. The molecule has 0 aromatic carbocycles. The SMILES string of the molecule is CCCCC/C=C\C/C=C\CCCCCCCCCCCC(=O)OC[C@@H](COC(=O)CCCCCCCCCCC)OC(=O)CCCCCCCCCCCCCCCCCCCCC. The van der Waals surface area contributed by atoms with Gasteiger partial charge in [-0.3, -0.25) is 14.4 Å². The molecule has 0 heterocycles. The van der Waals surface area contributed by atoms with Crippen LogP contribution in [0, 0.1) is 0 Å². The van der Waals surface area contributed by atoms with E-state index in [1.807, 2.05) is 0 Å². The molecule has 0 aliphatic carbocycles. The van der Waals surface area contributed by atoms with Crippen LogP contribution in [0.2, 0.25) is 0 Å². The second-order valence-electron chi connectivity index (χ2n) is 19.6. The summed E-state index contributed by atoms with van der Waals surface area (Å²) in [6, 6.07) is 0. The Hall–Kier alpha value is -2.11. The summed E-state index contributed by atoms with van der Waals surface area (Å²) < 4.78 is 16.8. The van der Waals surface area contributed by atoms with Crippen molar-refractivity contribution in [2.24, 2.45) is 0 Å². The van der Waals surface area contributed by atoms with E-state index in [-0.39, 0.29) is 31.1 Å². The van der Waals surface area contributed by atoms with Crippen molar-refractivity contribution in [1.82, 2.24) is 0 Å². The van der Waals surface area contributed by atoms with Gasteiger partial charge in [0.2, 0.25) is 0 Å². The quantitative estimate of drug-likeness (QED) is 0.0262. The lowest BCUT2D eigenvalue weighted by Crippen LogP contribution is -2.30. The van der Waals surface area contributed by atoms with Crippen molar-refractivity contribution >= 4 is 17.9 Å². The third-order valence-corrected chi connectivity index (χ3v) is 13.0. The van der Waals surface area contributed by atoms with E-state index in [2.05, 4.69) is 45.1 Å². The highest BCUT2D eigenvalue weighted by atomic mass is 16.6. The zero-order chi connectivity index (χ0) is 47.2. The summed E-state index contributed by atoms with van der Waals surface area (Å²) in [6.45, 7) is 6.64. The van der Waals surface area contributed by atoms with Crippen LogP contribution in [0.15, 0.2) is 24.3 Å². The molecule has 0 N–H and O–H groups in total. The maximum absolute atomic E-state index is 12.8. The highest BCUT2D eigenvalue weighted by molar-refractivity contribution is 5.71. The van der Waals surface area contributed by atoms with Crippen LogP contribution in [-0.2, 0) is 28.6 Å². The topological polar surface area (TPSA) is 78.9 Å². The molecule has 0 amide bonds. The van der Waals surface area contributed by atoms with Gasteiger partial charge in [0.05, 0.1) is 0 Å². The van der Waals surface area contributed by atoms with Crippen molar-refractivity contribution in [3.8, 4) is 0 Å². The maximum atomic E-state index is 12.8. The summed E-state index contributed by atoms with van der Waals surface area (Å²) in [4.78, 5) is 38.0. The number of esters is 3. The van der Waals surface area contributed by atoms with E-state index in [1.54, 1.807) is 0 Å². The van der Waals surface area contributed by atoms with Crippen LogP contribution in [0.3, 0.4) is 0 Å². The molecule has 0 saturated heterocycles. The van der Waals surface area contributed by atoms with Crippen molar-refractivity contribution in [2.75, 3.05) is 13.2 Å². The molecule has 382 valence electrons. The van der Waals surface area contributed by atoms with Crippen LogP contribution in [0.4, 0.5) is 0 Å². The van der Waals surface area contributed by atoms with Gasteiger partial charge in [-0.1, -0.05) is 270 Å². The van der Waals surface area contributed by atoms with E-state index in [1.165, 1.54) is 212 Å². The number of allylic oxidation sites excluding steroid dienone is 4. The first-order valence-electron chi connectivity index (χ1n) is 28.8. The van der Waals surface area contributed by atoms with Gasteiger partial charge in [0, 0.05) is 19.3 Å². The average molecular weight is 916 g/mol. The summed E-state index contributed by atoms with van der Waals surface area (Å²) in [7, 11) is 0. The first-order valence-corrected chi connectivity index (χ1v) is 28.8. The van der Waals surface area contributed by atoms with Gasteiger partial charge in [0.1, 0.15) is 13.2 Å². The monoisotopic (exact) mass is 915 g/mol. The van der Waals surface area contributed by atoms with Gasteiger partial charge < -0.3 is 14.2 Å². The Kier molecular flexibility index (Phi) is 52.7. The summed E-state index contributed by atoms with van der Waals surface area (Å²) in [5, 5.41) is 0. The minimum atomic E-state index is -0.767. The van der Waals surface area contributed by atoms with Crippen LogP contribution in [-0.4, -0.2) is 37.2 Å². The molecule has 0 fully saturated rings. The Bertz CT molecular complexity index is 1050. The summed E-state index contributed by atoms with van der Waals surface area (Å²) in [6.07, 6.45) is 63.2. The number of hydrogen-bond acceptors (Lipinski definition) is 6. The Labute approximate surface area is 404 Å². The van der Waals surface area contributed by atoms with Gasteiger partial charge in [-0.25, -0.2) is 0 Å². The molecule has 6 heteroatoms. The lowest BCUT2D eigenvalue weighted by Gasteiger charge is -2.18. The van der Waals surface area contributed by atoms with E-state index >= 15 is 0 Å². The first kappa shape index (κ1) is 62.9. The van der Waals surface area contributed by atoms with Crippen LogP contribution in [0.5, 0.6) is 0 Å². The van der Waals surface area contributed by atoms with Crippen LogP contribution in [0.1, 0.15) is 316 Å². The highest BCUT2D eigenvalue weighted by Gasteiger charge is 2.19. The van der Waals surface area contributed by atoms with Crippen molar-refractivity contribution in [3.05, 3.63) is 24.3 Å². The zero-order valence-corrected chi connectivity index (χ0v) is 43.8. The largest absolute Gasteiger partial charge is 0.462 e. The summed E-state index contributed by atoms with van der Waals surface area (Å²) in [5.41, 5.74) is 0. The van der Waals surface area contributed by atoms with E-state index in [0.29, 0.717) is 19.3 Å². The van der Waals surface area contributed by atoms with Crippen LogP contribution >= 0.6 is 0 Å². The third kappa shape index (κ3) is 52.7. The fourth-order valence-electron chi connectivity index (χ4n) is 8.59. The zero-order valence-electron chi connectivity index (χ0n) is 43.8. The highest BCUT2D eigenvalue weighted by Crippen LogP contribution is 2.17. The Morgan fingerprint density at radius 3 is 0.877 bits per heavy atom. The van der Waals surface area contributed by atoms with E-state index in [0.717, 1.165) is 64.2 Å². The van der Waals surface area contributed by atoms with Gasteiger partial charge in [-0.2, -0.15) is 0 Å². The van der Waals surface area contributed by atoms with E-state index < -0.39 is 6.10 Å². The summed E-state index contributed by atoms with van der Waals surface area (Å²) in [5.74, 6) is -0.854. The number of rotatable bonds is 53. The van der Waals surface area contributed by atoms with Crippen LogP contribution < -0.4 is 0 Å². The van der Waals surface area contributed by atoms with Crippen molar-refractivity contribution in [1.29, 1.82) is 0 Å². The number of ether oxygens (including phenoxy) is 3. The average Bonchev–Trinajstić information content (AvgIpc) is 3.30. The predicted octanol–water partition coefficient (Wildman–Crippen LogP) is 19.1. The number of carbonyl (C=O) groups is 3. The molecule has 0 aromatic heterocycles. The Balaban J connectivity index is 4.23. The Morgan fingerprint density at radius 2 is 0.554 bits per heavy atom. The van der Waals surface area contributed by atoms with Crippen molar-refractivity contribution < 1.29 is 28.6 Å².